The van der Waals surface area contributed by atoms with Crippen LogP contribution in [0.3, 0.4) is 0 Å². The van der Waals surface area contributed by atoms with Crippen molar-refractivity contribution in [1.29, 1.82) is 0 Å². The molecule has 1 rings (SSSR count). The monoisotopic (exact) mass is 204 g/mol. The predicted molar refractivity (Wildman–Crippen MR) is 40.5 cm³/mol. The Kier molecular flexibility index (Phi) is 3.21. The summed E-state index contributed by atoms with van der Waals surface area (Å²) in [5, 5.41) is 10.9. The lowest BCUT2D eigenvalue weighted by Gasteiger charge is -2.07. The number of amides is 1. The Labute approximate surface area is 78.3 Å². The summed E-state index contributed by atoms with van der Waals surface area (Å²) in [6.07, 6.45) is 0.378. The lowest BCUT2D eigenvalue weighted by Crippen LogP contribution is -2.40. The van der Waals surface area contributed by atoms with Crippen molar-refractivity contribution in [3.63, 3.8) is 0 Å². The standard InChI is InChI=1S/C6H8N2O6/c9-5(3-14-8(11)12)7-4-1-2-13-6(4)10/h4H,1-3H2,(H,7,9)/t4-/m1/s1. The highest BCUT2D eigenvalue weighted by Gasteiger charge is 2.27. The minimum atomic E-state index is -1.08. The highest BCUT2D eigenvalue weighted by molar-refractivity contribution is 5.85. The largest absolute Gasteiger partial charge is 0.464 e. The second kappa shape index (κ2) is 4.40. The zero-order chi connectivity index (χ0) is 10.6. The molecule has 14 heavy (non-hydrogen) atoms. The second-order valence-electron chi connectivity index (χ2n) is 2.57. The van der Waals surface area contributed by atoms with Crippen molar-refractivity contribution in [1.82, 2.24) is 5.32 Å². The number of nitrogens with zero attached hydrogens (tertiary/aromatic N) is 1. The zero-order valence-corrected chi connectivity index (χ0v) is 7.10. The fourth-order valence-corrected chi connectivity index (χ4v) is 0.974. The fourth-order valence-electron chi connectivity index (χ4n) is 0.974. The molecule has 0 bridgehead atoms. The Bertz CT molecular complexity index is 265. The van der Waals surface area contributed by atoms with Crippen LogP contribution < -0.4 is 5.32 Å². The molecule has 1 saturated heterocycles. The van der Waals surface area contributed by atoms with Crippen LogP contribution in [0.25, 0.3) is 0 Å². The molecule has 0 aromatic rings. The topological polar surface area (TPSA) is 108 Å². The molecule has 1 N–H and O–H groups in total. The molecule has 0 radical (unpaired) electrons. The molecule has 8 nitrogen and oxygen atoms in total. The fraction of sp³-hybridized carbons (Fsp3) is 0.667. The normalized spacial score (nSPS) is 20.0. The maximum atomic E-state index is 10.9. The Morgan fingerprint density at radius 3 is 3.00 bits per heavy atom. The molecule has 0 aromatic heterocycles. The van der Waals surface area contributed by atoms with Crippen molar-refractivity contribution in [3.8, 4) is 0 Å². The molecule has 0 saturated carbocycles. The number of ether oxygens (including phenoxy) is 1. The van der Waals surface area contributed by atoms with Gasteiger partial charge >= 0.3 is 5.97 Å². The smallest absolute Gasteiger partial charge is 0.328 e. The van der Waals surface area contributed by atoms with E-state index in [4.69, 9.17) is 0 Å². The number of rotatable bonds is 4. The Hall–Kier alpha value is -1.86. The minimum absolute atomic E-state index is 0.250. The van der Waals surface area contributed by atoms with Gasteiger partial charge < -0.3 is 14.9 Å². The first-order chi connectivity index (χ1) is 6.59. The van der Waals surface area contributed by atoms with E-state index in [1.54, 1.807) is 0 Å². The Morgan fingerprint density at radius 1 is 1.79 bits per heavy atom. The van der Waals surface area contributed by atoms with Gasteiger partial charge in [-0.15, -0.1) is 10.1 Å². The average molecular weight is 204 g/mol. The molecule has 0 aliphatic carbocycles. The molecular weight excluding hydrogens is 196 g/mol. The van der Waals surface area contributed by atoms with Crippen LogP contribution in [-0.2, 0) is 19.2 Å². The molecule has 1 atom stereocenters. The van der Waals surface area contributed by atoms with Crippen molar-refractivity contribution >= 4 is 11.9 Å². The summed E-state index contributed by atoms with van der Waals surface area (Å²) in [4.78, 5) is 35.3. The van der Waals surface area contributed by atoms with E-state index in [-0.39, 0.29) is 6.61 Å². The van der Waals surface area contributed by atoms with Crippen LogP contribution in [0.5, 0.6) is 0 Å². The molecule has 0 unspecified atom stereocenters. The summed E-state index contributed by atoms with van der Waals surface area (Å²) in [6, 6.07) is -0.710. The first-order valence-corrected chi connectivity index (χ1v) is 3.83. The molecule has 8 heteroatoms. The number of esters is 1. The molecule has 1 amide bonds. The van der Waals surface area contributed by atoms with Gasteiger partial charge in [0, 0.05) is 6.42 Å². The van der Waals surface area contributed by atoms with Gasteiger partial charge in [0.1, 0.15) is 6.04 Å². The lowest BCUT2D eigenvalue weighted by molar-refractivity contribution is -0.754. The quantitative estimate of drug-likeness (QED) is 0.343. The highest BCUT2D eigenvalue weighted by atomic mass is 16.9. The summed E-state index contributed by atoms with van der Waals surface area (Å²) in [5.41, 5.74) is 0. The van der Waals surface area contributed by atoms with Crippen molar-refractivity contribution in [2.45, 2.75) is 12.5 Å². The SMILES string of the molecule is O=C(CO[N+](=O)[O-])N[C@@H]1CCOC1=O. The van der Waals surface area contributed by atoms with Gasteiger partial charge in [-0.25, -0.2) is 4.79 Å². The lowest BCUT2D eigenvalue weighted by atomic mass is 10.2. The third-order valence-corrected chi connectivity index (χ3v) is 1.57. The molecule has 1 fully saturated rings. The van der Waals surface area contributed by atoms with Crippen LogP contribution in [0.15, 0.2) is 0 Å². The molecule has 0 aromatic carbocycles. The number of hydrogen-bond acceptors (Lipinski definition) is 6. The highest BCUT2D eigenvalue weighted by Crippen LogP contribution is 2.04. The van der Waals surface area contributed by atoms with Gasteiger partial charge in [0.25, 0.3) is 5.09 Å². The van der Waals surface area contributed by atoms with E-state index in [0.29, 0.717) is 6.42 Å². The molecule has 1 heterocycles. The van der Waals surface area contributed by atoms with E-state index in [9.17, 15) is 19.7 Å². The molecule has 78 valence electrons. The average Bonchev–Trinajstić information content (AvgIpc) is 2.49. The van der Waals surface area contributed by atoms with E-state index in [0.717, 1.165) is 0 Å². The number of cyclic esters (lactones) is 1. The maximum absolute atomic E-state index is 10.9. The van der Waals surface area contributed by atoms with Gasteiger partial charge in [-0.3, -0.25) is 4.79 Å². The van der Waals surface area contributed by atoms with Gasteiger partial charge in [-0.05, 0) is 0 Å². The van der Waals surface area contributed by atoms with Crippen molar-refractivity contribution in [3.05, 3.63) is 10.1 Å². The van der Waals surface area contributed by atoms with E-state index >= 15 is 0 Å². The van der Waals surface area contributed by atoms with E-state index in [1.807, 2.05) is 0 Å². The predicted octanol–water partition coefficient (Wildman–Crippen LogP) is -1.37. The van der Waals surface area contributed by atoms with Crippen molar-refractivity contribution in [2.75, 3.05) is 13.2 Å². The Morgan fingerprint density at radius 2 is 2.50 bits per heavy atom. The van der Waals surface area contributed by atoms with Gasteiger partial charge in [0.2, 0.25) is 5.91 Å². The summed E-state index contributed by atoms with van der Waals surface area (Å²) in [6.45, 7) is -0.462. The zero-order valence-electron chi connectivity index (χ0n) is 7.10. The van der Waals surface area contributed by atoms with E-state index in [2.05, 4.69) is 14.9 Å². The summed E-state index contributed by atoms with van der Waals surface area (Å²) >= 11 is 0. The van der Waals surface area contributed by atoms with Crippen LogP contribution in [0.1, 0.15) is 6.42 Å². The van der Waals surface area contributed by atoms with E-state index < -0.39 is 29.6 Å². The third-order valence-electron chi connectivity index (χ3n) is 1.57. The molecule has 1 aliphatic heterocycles. The van der Waals surface area contributed by atoms with Crippen molar-refractivity contribution in [2.24, 2.45) is 0 Å². The molecule has 1 aliphatic rings. The third kappa shape index (κ3) is 2.88. The van der Waals surface area contributed by atoms with Crippen LogP contribution in [0.2, 0.25) is 0 Å². The number of nitrogens with one attached hydrogen (secondary N) is 1. The Balaban J connectivity index is 2.26. The van der Waals surface area contributed by atoms with Crippen LogP contribution in [0.4, 0.5) is 0 Å². The molecule has 0 spiro atoms. The number of hydrogen-bond donors (Lipinski definition) is 1. The maximum Gasteiger partial charge on any atom is 0.328 e. The summed E-state index contributed by atoms with van der Waals surface area (Å²) in [5.74, 6) is -1.25. The van der Waals surface area contributed by atoms with Gasteiger partial charge in [0.05, 0.1) is 6.61 Å². The van der Waals surface area contributed by atoms with Gasteiger partial charge in [0.15, 0.2) is 6.61 Å². The van der Waals surface area contributed by atoms with E-state index in [1.165, 1.54) is 0 Å². The number of carbonyl (C=O) groups excluding carboxylic acids is 2. The van der Waals surface area contributed by atoms with Crippen LogP contribution in [0, 0.1) is 10.1 Å². The van der Waals surface area contributed by atoms with Crippen molar-refractivity contribution < 1.29 is 24.3 Å². The summed E-state index contributed by atoms with van der Waals surface area (Å²) in [7, 11) is 0. The van der Waals surface area contributed by atoms with Crippen LogP contribution in [-0.4, -0.2) is 36.2 Å². The van der Waals surface area contributed by atoms with Gasteiger partial charge in [-0.2, -0.15) is 0 Å². The number of carbonyl (C=O) groups is 2. The first-order valence-electron chi connectivity index (χ1n) is 3.83. The molecular formula is C6H8N2O6. The first kappa shape index (κ1) is 10.2. The minimum Gasteiger partial charge on any atom is -0.464 e. The summed E-state index contributed by atoms with van der Waals surface area (Å²) < 4.78 is 4.56. The van der Waals surface area contributed by atoms with Gasteiger partial charge in [-0.1, -0.05) is 0 Å². The second-order valence-corrected chi connectivity index (χ2v) is 2.57. The van der Waals surface area contributed by atoms with Crippen LogP contribution >= 0.6 is 0 Å².